The number of aliphatic hydroxyl groups excluding tert-OH is 1. The Morgan fingerprint density at radius 1 is 1.12 bits per heavy atom. The first-order valence-corrected chi connectivity index (χ1v) is 8.98. The van der Waals surface area contributed by atoms with E-state index in [-0.39, 0.29) is 30.8 Å². The van der Waals surface area contributed by atoms with E-state index in [0.717, 1.165) is 11.1 Å². The van der Waals surface area contributed by atoms with Crippen LogP contribution < -0.4 is 0 Å². The lowest BCUT2D eigenvalue weighted by atomic mass is 9.87. The van der Waals surface area contributed by atoms with E-state index in [1.165, 1.54) is 0 Å². The summed E-state index contributed by atoms with van der Waals surface area (Å²) in [5.41, 5.74) is 2.04. The number of aliphatic hydroxyl groups is 1. The molecule has 0 spiro atoms. The lowest BCUT2D eigenvalue weighted by Crippen LogP contribution is -2.43. The van der Waals surface area contributed by atoms with Gasteiger partial charge in [0.2, 0.25) is 0 Å². The molecule has 1 fully saturated rings. The van der Waals surface area contributed by atoms with Crippen molar-refractivity contribution in [2.75, 3.05) is 6.61 Å². The minimum atomic E-state index is -0.435. The molecule has 2 aromatic carbocycles. The predicted octanol–water partition coefficient (Wildman–Crippen LogP) is 4.29. The molecule has 0 bridgehead atoms. The van der Waals surface area contributed by atoms with E-state index < -0.39 is 6.04 Å². The van der Waals surface area contributed by atoms with Gasteiger partial charge in [-0.2, -0.15) is 0 Å². The highest BCUT2D eigenvalue weighted by Crippen LogP contribution is 2.38. The van der Waals surface area contributed by atoms with Crippen LogP contribution >= 0.6 is 0 Å². The first-order chi connectivity index (χ1) is 12.7. The highest BCUT2D eigenvalue weighted by molar-refractivity contribution is 5.72. The molecule has 26 heavy (non-hydrogen) atoms. The van der Waals surface area contributed by atoms with E-state index >= 15 is 0 Å². The molecule has 1 aliphatic heterocycles. The van der Waals surface area contributed by atoms with Crippen molar-refractivity contribution in [1.29, 1.82) is 0 Å². The zero-order valence-electron chi connectivity index (χ0n) is 15.0. The van der Waals surface area contributed by atoms with Crippen molar-refractivity contribution in [3.05, 3.63) is 84.4 Å². The maximum Gasteiger partial charge on any atom is 0.411 e. The van der Waals surface area contributed by atoms with Crippen molar-refractivity contribution >= 4 is 6.09 Å². The zero-order valence-corrected chi connectivity index (χ0v) is 15.0. The molecule has 1 amide bonds. The molecule has 0 aromatic heterocycles. The van der Waals surface area contributed by atoms with Gasteiger partial charge in [0.05, 0.1) is 18.7 Å². The third kappa shape index (κ3) is 3.51. The molecular weight excluding hydrogens is 326 g/mol. The summed E-state index contributed by atoms with van der Waals surface area (Å²) in [6.45, 7) is 5.75. The number of cyclic esters (lactones) is 1. The van der Waals surface area contributed by atoms with E-state index in [0.29, 0.717) is 6.42 Å². The number of carbonyl (C=O) groups excluding carboxylic acids is 1. The Balaban J connectivity index is 1.99. The summed E-state index contributed by atoms with van der Waals surface area (Å²) >= 11 is 0. The molecule has 1 saturated heterocycles. The molecule has 4 nitrogen and oxygen atoms in total. The molecule has 0 unspecified atom stereocenters. The van der Waals surface area contributed by atoms with Crippen molar-refractivity contribution in [1.82, 2.24) is 4.90 Å². The van der Waals surface area contributed by atoms with Gasteiger partial charge in [-0.15, -0.1) is 6.58 Å². The lowest BCUT2D eigenvalue weighted by molar-refractivity contribution is 0.112. The second-order valence-electron chi connectivity index (χ2n) is 6.65. The number of hydrogen-bond donors (Lipinski definition) is 1. The highest BCUT2D eigenvalue weighted by atomic mass is 16.6. The summed E-state index contributed by atoms with van der Waals surface area (Å²) in [5.74, 6) is 0.0605. The molecule has 3 rings (SSSR count). The molecule has 2 aromatic rings. The maximum atomic E-state index is 12.7. The van der Waals surface area contributed by atoms with Crippen molar-refractivity contribution in [3.8, 4) is 0 Å². The van der Waals surface area contributed by atoms with Gasteiger partial charge in [-0.1, -0.05) is 73.7 Å². The quantitative estimate of drug-likeness (QED) is 0.757. The average molecular weight is 351 g/mol. The Morgan fingerprint density at radius 2 is 1.69 bits per heavy atom. The Labute approximate surface area is 154 Å². The molecule has 4 atom stereocenters. The van der Waals surface area contributed by atoms with Crippen LogP contribution in [0.1, 0.15) is 36.4 Å². The topological polar surface area (TPSA) is 49.8 Å². The van der Waals surface area contributed by atoms with Crippen LogP contribution in [0.25, 0.3) is 0 Å². The number of carbonyl (C=O) groups is 1. The van der Waals surface area contributed by atoms with Gasteiger partial charge in [0, 0.05) is 12.3 Å². The van der Waals surface area contributed by atoms with E-state index in [1.54, 1.807) is 11.0 Å². The van der Waals surface area contributed by atoms with Gasteiger partial charge < -0.3 is 9.84 Å². The number of ether oxygens (including phenoxy) is 1. The number of benzene rings is 2. The zero-order chi connectivity index (χ0) is 18.5. The van der Waals surface area contributed by atoms with Crippen LogP contribution in [0.2, 0.25) is 0 Å². The van der Waals surface area contributed by atoms with E-state index in [4.69, 9.17) is 4.74 Å². The van der Waals surface area contributed by atoms with Crippen LogP contribution in [0, 0.1) is 0 Å². The van der Waals surface area contributed by atoms with E-state index in [9.17, 15) is 9.90 Å². The lowest BCUT2D eigenvalue weighted by Gasteiger charge is -2.35. The van der Waals surface area contributed by atoms with Gasteiger partial charge in [0.1, 0.15) is 6.10 Å². The van der Waals surface area contributed by atoms with E-state index in [1.807, 2.05) is 48.5 Å². The maximum absolute atomic E-state index is 12.7. The van der Waals surface area contributed by atoms with Crippen LogP contribution in [0.3, 0.4) is 0 Å². The highest BCUT2D eigenvalue weighted by Gasteiger charge is 2.47. The fourth-order valence-corrected chi connectivity index (χ4v) is 3.79. The van der Waals surface area contributed by atoms with Gasteiger partial charge in [0.15, 0.2) is 0 Å². The molecule has 136 valence electrons. The minimum absolute atomic E-state index is 0.0605. The summed E-state index contributed by atoms with van der Waals surface area (Å²) in [6, 6.07) is 19.1. The summed E-state index contributed by atoms with van der Waals surface area (Å²) in [4.78, 5) is 14.4. The second kappa shape index (κ2) is 8.19. The fraction of sp³-hybridized carbons (Fsp3) is 0.318. The monoisotopic (exact) mass is 351 g/mol. The summed E-state index contributed by atoms with van der Waals surface area (Å²) in [7, 11) is 0. The predicted molar refractivity (Wildman–Crippen MR) is 102 cm³/mol. The smallest absolute Gasteiger partial charge is 0.411 e. The van der Waals surface area contributed by atoms with Crippen LogP contribution in [0.15, 0.2) is 73.3 Å². The number of rotatable bonds is 7. The van der Waals surface area contributed by atoms with Gasteiger partial charge in [-0.05, 0) is 11.1 Å². The van der Waals surface area contributed by atoms with Crippen molar-refractivity contribution in [3.63, 3.8) is 0 Å². The number of hydrogen-bond acceptors (Lipinski definition) is 3. The minimum Gasteiger partial charge on any atom is -0.444 e. The Kier molecular flexibility index (Phi) is 5.74. The standard InChI is InChI=1S/C22H25NO3/c1-3-10-20-21(16(2)17-11-6-4-7-12-17)23(22(25)26-20)19(15-24)18-13-8-5-9-14-18/h3-9,11-14,16,19-21,24H,1,10,15H2,2H3/t16-,19+,20-,21-/m1/s1. The van der Waals surface area contributed by atoms with Crippen LogP contribution in [0.4, 0.5) is 4.79 Å². The van der Waals surface area contributed by atoms with Crippen LogP contribution in [-0.4, -0.2) is 34.9 Å². The van der Waals surface area contributed by atoms with E-state index in [2.05, 4.69) is 25.6 Å². The normalized spacial score (nSPS) is 21.9. The first-order valence-electron chi connectivity index (χ1n) is 8.98. The molecule has 4 heteroatoms. The number of nitrogens with zero attached hydrogens (tertiary/aromatic N) is 1. The van der Waals surface area contributed by atoms with Gasteiger partial charge in [-0.25, -0.2) is 4.79 Å². The molecule has 0 aliphatic carbocycles. The first kappa shape index (κ1) is 18.2. The molecule has 1 N–H and O–H groups in total. The summed E-state index contributed by atoms with van der Waals surface area (Å²) < 4.78 is 5.68. The van der Waals surface area contributed by atoms with Crippen molar-refractivity contribution in [2.45, 2.75) is 37.5 Å². The fourth-order valence-electron chi connectivity index (χ4n) is 3.79. The largest absolute Gasteiger partial charge is 0.444 e. The third-order valence-electron chi connectivity index (χ3n) is 5.09. The van der Waals surface area contributed by atoms with Gasteiger partial charge >= 0.3 is 6.09 Å². The Morgan fingerprint density at radius 3 is 2.23 bits per heavy atom. The summed E-state index contributed by atoms with van der Waals surface area (Å²) in [5, 5.41) is 10.1. The average Bonchev–Trinajstić information content (AvgIpc) is 3.00. The Bertz CT molecular complexity index is 732. The molecule has 0 saturated carbocycles. The molecule has 1 aliphatic rings. The Hall–Kier alpha value is -2.59. The molecular formula is C22H25NO3. The van der Waals surface area contributed by atoms with Crippen molar-refractivity contribution < 1.29 is 14.6 Å². The molecule has 0 radical (unpaired) electrons. The van der Waals surface area contributed by atoms with Crippen molar-refractivity contribution in [2.24, 2.45) is 0 Å². The van der Waals surface area contributed by atoms with Gasteiger partial charge in [0.25, 0.3) is 0 Å². The summed E-state index contributed by atoms with van der Waals surface area (Å²) in [6.07, 6.45) is 1.69. The second-order valence-corrected chi connectivity index (χ2v) is 6.65. The van der Waals surface area contributed by atoms with Crippen LogP contribution in [0.5, 0.6) is 0 Å². The van der Waals surface area contributed by atoms with Gasteiger partial charge in [-0.3, -0.25) is 4.90 Å². The van der Waals surface area contributed by atoms with Crippen LogP contribution in [-0.2, 0) is 4.74 Å². The molecule has 1 heterocycles. The number of amides is 1. The SMILES string of the molecule is C=CC[C@H]1OC(=O)N([C@@H](CO)c2ccccc2)[C@@H]1[C@H](C)c1ccccc1. The third-order valence-corrected chi connectivity index (χ3v) is 5.09.